The molecule has 0 fully saturated rings. The van der Waals surface area contributed by atoms with Gasteiger partial charge in [0.15, 0.2) is 0 Å². The average Bonchev–Trinajstić information content (AvgIpc) is 2.21. The van der Waals surface area contributed by atoms with E-state index in [2.05, 4.69) is 24.5 Å². The summed E-state index contributed by atoms with van der Waals surface area (Å²) in [7, 11) is 0. The third-order valence-electron chi connectivity index (χ3n) is 1.56. The number of hydrogen-bond acceptors (Lipinski definition) is 2. The van der Waals surface area contributed by atoms with Crippen LogP contribution in [0.3, 0.4) is 0 Å². The van der Waals surface area contributed by atoms with Crippen LogP contribution in [0.2, 0.25) is 0 Å². The average molecular weight is 205 g/mol. The van der Waals surface area contributed by atoms with Gasteiger partial charge in [0, 0.05) is 12.2 Å². The predicted octanol–water partition coefficient (Wildman–Crippen LogP) is 2.37. The van der Waals surface area contributed by atoms with Gasteiger partial charge in [-0.1, -0.05) is 11.8 Å². The maximum Gasteiger partial charge on any atom is 0.138 e. The molecule has 1 rings (SSSR count). The van der Waals surface area contributed by atoms with Crippen molar-refractivity contribution in [1.82, 2.24) is 0 Å². The van der Waals surface area contributed by atoms with E-state index in [1.165, 1.54) is 18.2 Å². The van der Waals surface area contributed by atoms with E-state index in [1.807, 2.05) is 6.07 Å². The molecule has 0 heterocycles. The third-order valence-corrected chi connectivity index (χ3v) is 1.78. The Morgan fingerprint density at radius 1 is 1.43 bits per heavy atom. The minimum Gasteiger partial charge on any atom is -0.206 e. The molecule has 14 heavy (non-hydrogen) atoms. The topological polar surface area (TPSA) is 23.8 Å². The molecule has 0 N–H and O–H groups in total. The van der Waals surface area contributed by atoms with Gasteiger partial charge in [-0.2, -0.15) is 17.9 Å². The lowest BCUT2D eigenvalue weighted by Crippen LogP contribution is -1.85. The molecule has 0 saturated carbocycles. The van der Waals surface area contributed by atoms with E-state index in [9.17, 15) is 4.39 Å². The monoisotopic (exact) mass is 205 g/mol. The predicted molar refractivity (Wildman–Crippen MR) is 56.5 cm³/mol. The van der Waals surface area contributed by atoms with Crippen molar-refractivity contribution in [3.8, 4) is 17.9 Å². The van der Waals surface area contributed by atoms with Gasteiger partial charge >= 0.3 is 0 Å². The number of hydrogen-bond donors (Lipinski definition) is 1. The van der Waals surface area contributed by atoms with Crippen LogP contribution < -0.4 is 0 Å². The van der Waals surface area contributed by atoms with Crippen LogP contribution in [0.4, 0.5) is 4.39 Å². The molecule has 0 aliphatic heterocycles. The summed E-state index contributed by atoms with van der Waals surface area (Å²) in [5.74, 6) is 5.68. The summed E-state index contributed by atoms with van der Waals surface area (Å²) >= 11 is 3.98. The van der Waals surface area contributed by atoms with Gasteiger partial charge in [0.2, 0.25) is 0 Å². The van der Waals surface area contributed by atoms with Crippen LogP contribution in [0.1, 0.15) is 17.5 Å². The Morgan fingerprint density at radius 2 is 2.21 bits per heavy atom. The molecule has 0 saturated heterocycles. The molecule has 0 amide bonds. The number of nitrogens with zero attached hydrogens (tertiary/aromatic N) is 1. The summed E-state index contributed by atoms with van der Waals surface area (Å²) in [4.78, 5) is 0. The van der Waals surface area contributed by atoms with E-state index in [0.717, 1.165) is 0 Å². The Labute approximate surface area is 88.0 Å². The zero-order valence-electron chi connectivity index (χ0n) is 7.42. The van der Waals surface area contributed by atoms with Crippen LogP contribution in [0.25, 0.3) is 0 Å². The van der Waals surface area contributed by atoms with Gasteiger partial charge in [0.25, 0.3) is 0 Å². The first-order valence-corrected chi connectivity index (χ1v) is 4.70. The Bertz CT molecular complexity index is 423. The molecule has 0 aliphatic carbocycles. The number of benzene rings is 1. The van der Waals surface area contributed by atoms with E-state index in [0.29, 0.717) is 17.7 Å². The summed E-state index contributed by atoms with van der Waals surface area (Å²) in [6, 6.07) is 6.06. The van der Waals surface area contributed by atoms with Crippen LogP contribution >= 0.6 is 12.6 Å². The first kappa shape index (κ1) is 10.6. The Hall–Kier alpha value is -1.45. The van der Waals surface area contributed by atoms with Crippen molar-refractivity contribution >= 4 is 12.6 Å². The van der Waals surface area contributed by atoms with Crippen molar-refractivity contribution < 1.29 is 4.39 Å². The lowest BCUT2D eigenvalue weighted by atomic mass is 10.1. The molecular formula is C11H8FNS. The molecule has 0 radical (unpaired) electrons. The lowest BCUT2D eigenvalue weighted by molar-refractivity contribution is 0.624. The highest BCUT2D eigenvalue weighted by Crippen LogP contribution is 2.08. The van der Waals surface area contributed by atoms with E-state index in [4.69, 9.17) is 5.26 Å². The van der Waals surface area contributed by atoms with Crippen molar-refractivity contribution in [2.75, 3.05) is 5.75 Å². The van der Waals surface area contributed by atoms with Crippen LogP contribution in [0, 0.1) is 29.0 Å². The maximum absolute atomic E-state index is 13.1. The second-order valence-electron chi connectivity index (χ2n) is 2.58. The molecular weight excluding hydrogens is 197 g/mol. The SMILES string of the molecule is N#Cc1ccc(F)c(C#CCCS)c1. The fraction of sp³-hybridized carbons (Fsp3) is 0.182. The van der Waals surface area contributed by atoms with Gasteiger partial charge in [0.1, 0.15) is 5.82 Å². The minimum absolute atomic E-state index is 0.269. The second-order valence-corrected chi connectivity index (χ2v) is 3.03. The Kier molecular flexibility index (Phi) is 4.04. The largest absolute Gasteiger partial charge is 0.206 e. The first-order chi connectivity index (χ1) is 6.77. The molecule has 1 nitrogen and oxygen atoms in total. The van der Waals surface area contributed by atoms with Gasteiger partial charge in [-0.3, -0.25) is 0 Å². The fourth-order valence-electron chi connectivity index (χ4n) is 0.904. The Morgan fingerprint density at radius 3 is 2.86 bits per heavy atom. The third kappa shape index (κ3) is 2.80. The summed E-state index contributed by atoms with van der Waals surface area (Å²) in [6.07, 6.45) is 0.610. The van der Waals surface area contributed by atoms with Gasteiger partial charge in [0.05, 0.1) is 17.2 Å². The summed E-state index contributed by atoms with van der Waals surface area (Å²) in [5, 5.41) is 8.59. The molecule has 1 aromatic rings. The fourth-order valence-corrected chi connectivity index (χ4v) is 1.02. The van der Waals surface area contributed by atoms with Crippen LogP contribution in [-0.4, -0.2) is 5.75 Å². The number of rotatable bonds is 1. The molecule has 0 aliphatic rings. The smallest absolute Gasteiger partial charge is 0.138 e. The summed E-state index contributed by atoms with van der Waals surface area (Å²) < 4.78 is 13.1. The number of nitriles is 1. The standard InChI is InChI=1S/C11H8FNS/c12-11-5-4-9(8-13)7-10(11)3-1-2-6-14/h4-5,7,14H,2,6H2. The minimum atomic E-state index is -0.393. The van der Waals surface area contributed by atoms with Gasteiger partial charge in [-0.15, -0.1) is 0 Å². The molecule has 0 unspecified atom stereocenters. The quantitative estimate of drug-likeness (QED) is 0.552. The zero-order valence-corrected chi connectivity index (χ0v) is 8.31. The highest BCUT2D eigenvalue weighted by Gasteiger charge is 1.99. The highest BCUT2D eigenvalue weighted by atomic mass is 32.1. The molecule has 0 bridgehead atoms. The highest BCUT2D eigenvalue weighted by molar-refractivity contribution is 7.80. The number of thiol groups is 1. The van der Waals surface area contributed by atoms with Crippen LogP contribution in [0.5, 0.6) is 0 Å². The Balaban J connectivity index is 2.98. The molecule has 0 atom stereocenters. The molecule has 70 valence electrons. The van der Waals surface area contributed by atoms with Crippen LogP contribution in [-0.2, 0) is 0 Å². The normalized spacial score (nSPS) is 8.64. The van der Waals surface area contributed by atoms with Gasteiger partial charge in [-0.05, 0) is 18.2 Å². The second kappa shape index (κ2) is 5.32. The van der Waals surface area contributed by atoms with Gasteiger partial charge < -0.3 is 0 Å². The van der Waals surface area contributed by atoms with Crippen molar-refractivity contribution in [1.29, 1.82) is 5.26 Å². The van der Waals surface area contributed by atoms with Crippen molar-refractivity contribution in [2.24, 2.45) is 0 Å². The molecule has 0 spiro atoms. The van der Waals surface area contributed by atoms with Crippen LogP contribution in [0.15, 0.2) is 18.2 Å². The van der Waals surface area contributed by atoms with E-state index in [-0.39, 0.29) is 5.56 Å². The van der Waals surface area contributed by atoms with Crippen molar-refractivity contribution in [2.45, 2.75) is 6.42 Å². The summed E-state index contributed by atoms with van der Waals surface area (Å²) in [5.41, 5.74) is 0.687. The molecule has 3 heteroatoms. The lowest BCUT2D eigenvalue weighted by Gasteiger charge is -1.93. The van der Waals surface area contributed by atoms with E-state index >= 15 is 0 Å². The first-order valence-electron chi connectivity index (χ1n) is 4.07. The zero-order chi connectivity index (χ0) is 10.4. The molecule has 0 aromatic heterocycles. The number of halogens is 1. The van der Waals surface area contributed by atoms with Crippen molar-refractivity contribution in [3.63, 3.8) is 0 Å². The van der Waals surface area contributed by atoms with E-state index < -0.39 is 5.82 Å². The van der Waals surface area contributed by atoms with Gasteiger partial charge in [-0.25, -0.2) is 4.39 Å². The van der Waals surface area contributed by atoms with Crippen molar-refractivity contribution in [3.05, 3.63) is 35.1 Å². The maximum atomic E-state index is 13.1. The molecule has 1 aromatic carbocycles. The summed E-state index contributed by atoms with van der Waals surface area (Å²) in [6.45, 7) is 0. The van der Waals surface area contributed by atoms with E-state index in [1.54, 1.807) is 0 Å².